The van der Waals surface area contributed by atoms with Crippen molar-refractivity contribution in [2.45, 2.75) is 0 Å². The lowest BCUT2D eigenvalue weighted by Gasteiger charge is -2.11. The summed E-state index contributed by atoms with van der Waals surface area (Å²) < 4.78 is 15.2. The second-order valence-electron chi connectivity index (χ2n) is 5.29. The molecule has 0 heterocycles. The fraction of sp³-hybridized carbons (Fsp3) is 0.150. The molecule has 0 aliphatic rings. The van der Waals surface area contributed by atoms with E-state index in [9.17, 15) is 9.59 Å². The average molecular weight is 366 g/mol. The molecule has 1 amide bonds. The molecule has 7 heteroatoms. The summed E-state index contributed by atoms with van der Waals surface area (Å²) >= 11 is 0. The van der Waals surface area contributed by atoms with Crippen LogP contribution in [0.4, 0.5) is 5.69 Å². The molecule has 0 aliphatic carbocycles. The maximum atomic E-state index is 12.0. The average Bonchev–Trinajstić information content (AvgIpc) is 2.71. The van der Waals surface area contributed by atoms with Crippen molar-refractivity contribution < 1.29 is 23.8 Å². The van der Waals surface area contributed by atoms with Crippen molar-refractivity contribution >= 4 is 23.6 Å². The van der Waals surface area contributed by atoms with E-state index >= 15 is 0 Å². The molecular weight excluding hydrogens is 348 g/mol. The number of nitriles is 1. The van der Waals surface area contributed by atoms with Gasteiger partial charge in [-0.2, -0.15) is 5.26 Å². The summed E-state index contributed by atoms with van der Waals surface area (Å²) in [5.74, 6) is -0.168. The highest BCUT2D eigenvalue weighted by Gasteiger charge is 2.10. The lowest BCUT2D eigenvalue weighted by atomic mass is 10.1. The van der Waals surface area contributed by atoms with Gasteiger partial charge in [0.1, 0.15) is 11.5 Å². The van der Waals surface area contributed by atoms with Crippen LogP contribution in [0.5, 0.6) is 11.5 Å². The SMILES string of the molecule is COc1ccc(OC)c(NC(=O)COC(=O)/C=C/c2ccc(C#N)cc2)c1. The molecular formula is C20H18N2O5. The van der Waals surface area contributed by atoms with Gasteiger partial charge in [-0.1, -0.05) is 12.1 Å². The number of hydrogen-bond donors (Lipinski definition) is 1. The number of carbonyl (C=O) groups is 2. The number of hydrogen-bond acceptors (Lipinski definition) is 6. The Labute approximate surface area is 156 Å². The number of nitrogens with zero attached hydrogens (tertiary/aromatic N) is 1. The Morgan fingerprint density at radius 2 is 1.85 bits per heavy atom. The Hall–Kier alpha value is -3.79. The van der Waals surface area contributed by atoms with Gasteiger partial charge in [0.2, 0.25) is 0 Å². The number of ether oxygens (including phenoxy) is 3. The Morgan fingerprint density at radius 3 is 2.48 bits per heavy atom. The van der Waals surface area contributed by atoms with Gasteiger partial charge >= 0.3 is 5.97 Å². The summed E-state index contributed by atoms with van der Waals surface area (Å²) in [5, 5.41) is 11.3. The molecule has 0 aliphatic heterocycles. The minimum absolute atomic E-state index is 0.408. The number of esters is 1. The van der Waals surface area contributed by atoms with Gasteiger partial charge in [0, 0.05) is 12.1 Å². The van der Waals surface area contributed by atoms with Crippen molar-refractivity contribution in [3.05, 3.63) is 59.7 Å². The van der Waals surface area contributed by atoms with Gasteiger partial charge < -0.3 is 19.5 Å². The smallest absolute Gasteiger partial charge is 0.331 e. The number of nitrogens with one attached hydrogen (secondary N) is 1. The monoisotopic (exact) mass is 366 g/mol. The van der Waals surface area contributed by atoms with Gasteiger partial charge in [-0.05, 0) is 35.9 Å². The first-order valence-corrected chi connectivity index (χ1v) is 7.92. The molecule has 27 heavy (non-hydrogen) atoms. The van der Waals surface area contributed by atoms with Gasteiger partial charge in [0.25, 0.3) is 5.91 Å². The quantitative estimate of drug-likeness (QED) is 0.598. The number of methoxy groups -OCH3 is 2. The minimum Gasteiger partial charge on any atom is -0.497 e. The van der Waals surface area contributed by atoms with Crippen molar-refractivity contribution in [2.24, 2.45) is 0 Å². The highest BCUT2D eigenvalue weighted by molar-refractivity contribution is 5.95. The van der Waals surface area contributed by atoms with Crippen LogP contribution in [-0.2, 0) is 14.3 Å². The lowest BCUT2D eigenvalue weighted by molar-refractivity contribution is -0.142. The third kappa shape index (κ3) is 5.90. The normalized spacial score (nSPS) is 10.1. The van der Waals surface area contributed by atoms with Crippen LogP contribution < -0.4 is 14.8 Å². The summed E-state index contributed by atoms with van der Waals surface area (Å²) in [4.78, 5) is 23.7. The van der Waals surface area contributed by atoms with Crippen LogP contribution in [0.2, 0.25) is 0 Å². The Morgan fingerprint density at radius 1 is 1.11 bits per heavy atom. The maximum absolute atomic E-state index is 12.0. The lowest BCUT2D eigenvalue weighted by Crippen LogP contribution is -2.20. The van der Waals surface area contributed by atoms with Gasteiger partial charge in [-0.25, -0.2) is 4.79 Å². The molecule has 2 rings (SSSR count). The number of anilines is 1. The zero-order valence-corrected chi connectivity index (χ0v) is 14.9. The van der Waals surface area contributed by atoms with Crippen molar-refractivity contribution in [2.75, 3.05) is 26.1 Å². The van der Waals surface area contributed by atoms with Gasteiger partial charge in [-0.3, -0.25) is 4.79 Å². The molecule has 0 saturated carbocycles. The molecule has 0 bridgehead atoms. The zero-order valence-electron chi connectivity index (χ0n) is 14.9. The van der Waals surface area contributed by atoms with Gasteiger partial charge in [-0.15, -0.1) is 0 Å². The number of carbonyl (C=O) groups excluding carboxylic acids is 2. The molecule has 2 aromatic carbocycles. The maximum Gasteiger partial charge on any atom is 0.331 e. The molecule has 138 valence electrons. The molecule has 2 aromatic rings. The van der Waals surface area contributed by atoms with Crippen LogP contribution in [-0.4, -0.2) is 32.7 Å². The molecule has 0 radical (unpaired) electrons. The predicted octanol–water partition coefficient (Wildman–Crippen LogP) is 2.77. The Bertz CT molecular complexity index is 882. The number of rotatable bonds is 7. The van der Waals surface area contributed by atoms with E-state index in [1.807, 2.05) is 6.07 Å². The van der Waals surface area contributed by atoms with Crippen LogP contribution in [0.25, 0.3) is 6.08 Å². The summed E-state index contributed by atoms with van der Waals surface area (Å²) in [6, 6.07) is 13.6. The predicted molar refractivity (Wildman–Crippen MR) is 99.3 cm³/mol. The van der Waals surface area contributed by atoms with E-state index in [0.29, 0.717) is 22.7 Å². The Kier molecular flexibility index (Phi) is 6.97. The van der Waals surface area contributed by atoms with Crippen molar-refractivity contribution in [1.29, 1.82) is 5.26 Å². The first kappa shape index (κ1) is 19.5. The van der Waals surface area contributed by atoms with Crippen LogP contribution >= 0.6 is 0 Å². The standard InChI is InChI=1S/C20H18N2O5/c1-25-16-8-9-18(26-2)17(11-16)22-19(23)13-27-20(24)10-7-14-3-5-15(12-21)6-4-14/h3-11H,13H2,1-2H3,(H,22,23)/b10-7+. The van der Waals surface area contributed by atoms with Crippen molar-refractivity contribution in [3.8, 4) is 17.6 Å². The van der Waals surface area contributed by atoms with E-state index in [0.717, 1.165) is 5.56 Å². The third-order valence-electron chi connectivity index (χ3n) is 3.48. The van der Waals surface area contributed by atoms with Crippen molar-refractivity contribution in [3.63, 3.8) is 0 Å². The highest BCUT2D eigenvalue weighted by Crippen LogP contribution is 2.28. The molecule has 1 N–H and O–H groups in total. The van der Waals surface area contributed by atoms with E-state index in [2.05, 4.69) is 5.32 Å². The minimum atomic E-state index is -0.660. The second kappa shape index (κ2) is 9.63. The summed E-state index contributed by atoms with van der Waals surface area (Å²) in [7, 11) is 2.99. The topological polar surface area (TPSA) is 97.7 Å². The van der Waals surface area contributed by atoms with Crippen LogP contribution in [0.1, 0.15) is 11.1 Å². The first-order chi connectivity index (χ1) is 13.0. The van der Waals surface area contributed by atoms with E-state index in [1.54, 1.807) is 42.5 Å². The molecule has 0 fully saturated rings. The number of benzene rings is 2. The van der Waals surface area contributed by atoms with Gasteiger partial charge in [0.15, 0.2) is 6.61 Å². The fourth-order valence-corrected chi connectivity index (χ4v) is 2.12. The van der Waals surface area contributed by atoms with Crippen LogP contribution in [0.15, 0.2) is 48.5 Å². The summed E-state index contributed by atoms with van der Waals surface area (Å²) in [6.45, 7) is -0.448. The first-order valence-electron chi connectivity index (χ1n) is 7.92. The molecule has 0 aromatic heterocycles. The molecule has 0 unspecified atom stereocenters. The second-order valence-corrected chi connectivity index (χ2v) is 5.29. The van der Waals surface area contributed by atoms with Gasteiger partial charge in [0.05, 0.1) is 31.5 Å². The van der Waals surface area contributed by atoms with E-state index in [-0.39, 0.29) is 0 Å². The van der Waals surface area contributed by atoms with E-state index in [1.165, 1.54) is 26.4 Å². The zero-order chi connectivity index (χ0) is 19.6. The molecule has 0 saturated heterocycles. The largest absolute Gasteiger partial charge is 0.497 e. The van der Waals surface area contributed by atoms with Crippen molar-refractivity contribution in [1.82, 2.24) is 0 Å². The third-order valence-corrected chi connectivity index (χ3v) is 3.48. The highest BCUT2D eigenvalue weighted by atomic mass is 16.5. The van der Waals surface area contributed by atoms with E-state index in [4.69, 9.17) is 19.5 Å². The molecule has 7 nitrogen and oxygen atoms in total. The Balaban J connectivity index is 1.88. The van der Waals surface area contributed by atoms with Crippen LogP contribution in [0.3, 0.4) is 0 Å². The molecule has 0 spiro atoms. The number of amides is 1. The van der Waals surface area contributed by atoms with Crippen LogP contribution in [0, 0.1) is 11.3 Å². The fourth-order valence-electron chi connectivity index (χ4n) is 2.12. The molecule has 0 atom stereocenters. The summed E-state index contributed by atoms with van der Waals surface area (Å²) in [6.07, 6.45) is 2.74. The summed E-state index contributed by atoms with van der Waals surface area (Å²) in [5.41, 5.74) is 1.67. The van der Waals surface area contributed by atoms with E-state index < -0.39 is 18.5 Å².